The van der Waals surface area contributed by atoms with Gasteiger partial charge >= 0.3 is 0 Å². The summed E-state index contributed by atoms with van der Waals surface area (Å²) in [4.78, 5) is 25.9. The van der Waals surface area contributed by atoms with Crippen LogP contribution in [0.4, 0.5) is 5.82 Å². The summed E-state index contributed by atoms with van der Waals surface area (Å²) in [7, 11) is 0. The number of benzene rings is 1. The summed E-state index contributed by atoms with van der Waals surface area (Å²) in [6.45, 7) is 6.72. The molecule has 0 atom stereocenters. The molecule has 3 heterocycles. The SMILES string of the molecule is Cc1cccc(C(=O)N2CCN(c3cc(-n4cccn4)nc(C)n3)CC2)c1. The van der Waals surface area contributed by atoms with Crippen LogP contribution in [0.15, 0.2) is 48.8 Å². The molecule has 0 spiro atoms. The van der Waals surface area contributed by atoms with Crippen molar-refractivity contribution in [2.45, 2.75) is 13.8 Å². The second-order valence-corrected chi connectivity index (χ2v) is 6.73. The lowest BCUT2D eigenvalue weighted by Crippen LogP contribution is -2.49. The first-order valence-electron chi connectivity index (χ1n) is 9.07. The van der Waals surface area contributed by atoms with Crippen molar-refractivity contribution in [1.29, 1.82) is 0 Å². The summed E-state index contributed by atoms with van der Waals surface area (Å²) in [6, 6.07) is 11.6. The fourth-order valence-electron chi connectivity index (χ4n) is 3.32. The van der Waals surface area contributed by atoms with E-state index in [-0.39, 0.29) is 5.91 Å². The second-order valence-electron chi connectivity index (χ2n) is 6.73. The van der Waals surface area contributed by atoms with E-state index in [0.717, 1.165) is 35.9 Å². The first-order chi connectivity index (χ1) is 13.1. The number of nitrogens with zero attached hydrogens (tertiary/aromatic N) is 6. The van der Waals surface area contributed by atoms with Crippen LogP contribution in [0.2, 0.25) is 0 Å². The number of amides is 1. The molecule has 0 unspecified atom stereocenters. The third kappa shape index (κ3) is 3.67. The van der Waals surface area contributed by atoms with Crippen LogP contribution in [0.3, 0.4) is 0 Å². The zero-order chi connectivity index (χ0) is 18.8. The molecule has 0 saturated carbocycles. The molecule has 2 aromatic heterocycles. The second kappa shape index (κ2) is 7.19. The molecule has 1 aliphatic heterocycles. The number of carbonyl (C=O) groups is 1. The molecule has 7 heteroatoms. The number of aryl methyl sites for hydroxylation is 2. The number of hydrogen-bond acceptors (Lipinski definition) is 5. The Morgan fingerprint density at radius 3 is 2.44 bits per heavy atom. The van der Waals surface area contributed by atoms with Crippen molar-refractivity contribution >= 4 is 11.7 Å². The molecule has 3 aromatic rings. The van der Waals surface area contributed by atoms with E-state index in [1.165, 1.54) is 0 Å². The smallest absolute Gasteiger partial charge is 0.253 e. The van der Waals surface area contributed by atoms with Gasteiger partial charge in [0, 0.05) is 50.2 Å². The van der Waals surface area contributed by atoms with Crippen LogP contribution in [0.5, 0.6) is 0 Å². The molecule has 1 amide bonds. The van der Waals surface area contributed by atoms with Crippen LogP contribution in [-0.4, -0.2) is 56.7 Å². The average molecular weight is 362 g/mol. The highest BCUT2D eigenvalue weighted by Gasteiger charge is 2.23. The fraction of sp³-hybridized carbons (Fsp3) is 0.300. The normalized spacial score (nSPS) is 14.4. The molecule has 1 aromatic carbocycles. The van der Waals surface area contributed by atoms with Gasteiger partial charge in [-0.3, -0.25) is 4.79 Å². The van der Waals surface area contributed by atoms with Gasteiger partial charge in [0.1, 0.15) is 11.6 Å². The van der Waals surface area contributed by atoms with Gasteiger partial charge in [0.05, 0.1) is 0 Å². The van der Waals surface area contributed by atoms with Gasteiger partial charge in [-0.2, -0.15) is 5.10 Å². The maximum Gasteiger partial charge on any atom is 0.253 e. The maximum atomic E-state index is 12.7. The van der Waals surface area contributed by atoms with Crippen molar-refractivity contribution < 1.29 is 4.79 Å². The summed E-state index contributed by atoms with van der Waals surface area (Å²) in [5.74, 6) is 2.42. The van der Waals surface area contributed by atoms with E-state index in [4.69, 9.17) is 0 Å². The summed E-state index contributed by atoms with van der Waals surface area (Å²) in [5, 5.41) is 4.24. The van der Waals surface area contributed by atoms with Crippen LogP contribution >= 0.6 is 0 Å². The molecule has 0 bridgehead atoms. The van der Waals surface area contributed by atoms with Gasteiger partial charge < -0.3 is 9.80 Å². The molecular weight excluding hydrogens is 340 g/mol. The minimum absolute atomic E-state index is 0.0921. The Labute approximate surface area is 158 Å². The maximum absolute atomic E-state index is 12.7. The molecule has 0 N–H and O–H groups in total. The predicted octanol–water partition coefficient (Wildman–Crippen LogP) is 2.24. The van der Waals surface area contributed by atoms with Crippen molar-refractivity contribution in [1.82, 2.24) is 24.6 Å². The van der Waals surface area contributed by atoms with Crippen molar-refractivity contribution in [3.8, 4) is 5.82 Å². The predicted molar refractivity (Wildman–Crippen MR) is 103 cm³/mol. The first-order valence-corrected chi connectivity index (χ1v) is 9.07. The lowest BCUT2D eigenvalue weighted by atomic mass is 10.1. The Kier molecular flexibility index (Phi) is 4.58. The molecular formula is C20H22N6O. The monoisotopic (exact) mass is 362 g/mol. The highest BCUT2D eigenvalue weighted by Crippen LogP contribution is 2.18. The van der Waals surface area contributed by atoms with E-state index in [2.05, 4.69) is 20.0 Å². The number of piperazine rings is 1. The summed E-state index contributed by atoms with van der Waals surface area (Å²) in [6.07, 6.45) is 3.59. The zero-order valence-corrected chi connectivity index (χ0v) is 15.5. The van der Waals surface area contributed by atoms with Crippen LogP contribution in [-0.2, 0) is 0 Å². The van der Waals surface area contributed by atoms with Crippen LogP contribution in [0.1, 0.15) is 21.7 Å². The van der Waals surface area contributed by atoms with Crippen molar-refractivity contribution in [3.05, 3.63) is 65.7 Å². The van der Waals surface area contributed by atoms with E-state index >= 15 is 0 Å². The lowest BCUT2D eigenvalue weighted by molar-refractivity contribution is 0.0746. The van der Waals surface area contributed by atoms with E-state index in [1.807, 2.05) is 61.3 Å². The van der Waals surface area contributed by atoms with E-state index in [0.29, 0.717) is 18.9 Å². The van der Waals surface area contributed by atoms with Gasteiger partial charge in [0.2, 0.25) is 0 Å². The van der Waals surface area contributed by atoms with Gasteiger partial charge in [-0.25, -0.2) is 14.6 Å². The largest absolute Gasteiger partial charge is 0.353 e. The Bertz CT molecular complexity index is 945. The highest BCUT2D eigenvalue weighted by molar-refractivity contribution is 5.94. The molecule has 0 radical (unpaired) electrons. The molecule has 1 fully saturated rings. The highest BCUT2D eigenvalue weighted by atomic mass is 16.2. The third-order valence-corrected chi connectivity index (χ3v) is 4.71. The summed E-state index contributed by atoms with van der Waals surface area (Å²) >= 11 is 0. The molecule has 138 valence electrons. The van der Waals surface area contributed by atoms with Gasteiger partial charge in [-0.15, -0.1) is 0 Å². The minimum atomic E-state index is 0.0921. The van der Waals surface area contributed by atoms with Crippen molar-refractivity contribution in [2.24, 2.45) is 0 Å². The topological polar surface area (TPSA) is 67.2 Å². The molecule has 1 saturated heterocycles. The van der Waals surface area contributed by atoms with Crippen molar-refractivity contribution in [3.63, 3.8) is 0 Å². The van der Waals surface area contributed by atoms with Gasteiger partial charge in [0.15, 0.2) is 5.82 Å². The summed E-state index contributed by atoms with van der Waals surface area (Å²) < 4.78 is 1.73. The number of hydrogen-bond donors (Lipinski definition) is 0. The summed E-state index contributed by atoms with van der Waals surface area (Å²) in [5.41, 5.74) is 1.85. The molecule has 1 aliphatic rings. The quantitative estimate of drug-likeness (QED) is 0.715. The Morgan fingerprint density at radius 2 is 1.74 bits per heavy atom. The Morgan fingerprint density at radius 1 is 0.963 bits per heavy atom. The number of anilines is 1. The van der Waals surface area contributed by atoms with Crippen LogP contribution in [0.25, 0.3) is 5.82 Å². The van der Waals surface area contributed by atoms with Crippen molar-refractivity contribution in [2.75, 3.05) is 31.1 Å². The van der Waals surface area contributed by atoms with Crippen LogP contribution in [0, 0.1) is 13.8 Å². The van der Waals surface area contributed by atoms with E-state index in [1.54, 1.807) is 10.9 Å². The standard InChI is InChI=1S/C20H22N6O/c1-15-5-3-6-17(13-15)20(27)25-11-9-24(10-12-25)18-14-19(23-16(2)22-18)26-8-4-7-21-26/h3-8,13-14H,9-12H2,1-2H3. The number of aromatic nitrogens is 4. The van der Waals surface area contributed by atoms with E-state index < -0.39 is 0 Å². The zero-order valence-electron chi connectivity index (χ0n) is 15.5. The van der Waals surface area contributed by atoms with Gasteiger partial charge in [-0.05, 0) is 32.0 Å². The van der Waals surface area contributed by atoms with Gasteiger partial charge in [-0.1, -0.05) is 17.7 Å². The molecule has 7 nitrogen and oxygen atoms in total. The molecule has 0 aliphatic carbocycles. The average Bonchev–Trinajstić information content (AvgIpc) is 3.22. The first kappa shape index (κ1) is 17.2. The number of rotatable bonds is 3. The Hall–Kier alpha value is -3.22. The molecule has 4 rings (SSSR count). The minimum Gasteiger partial charge on any atom is -0.353 e. The molecule has 27 heavy (non-hydrogen) atoms. The van der Waals surface area contributed by atoms with E-state index in [9.17, 15) is 4.79 Å². The van der Waals surface area contributed by atoms with Gasteiger partial charge in [0.25, 0.3) is 5.91 Å². The number of carbonyl (C=O) groups excluding carboxylic acids is 1. The Balaban J connectivity index is 1.47. The fourth-order valence-corrected chi connectivity index (χ4v) is 3.32. The van der Waals surface area contributed by atoms with Crippen LogP contribution < -0.4 is 4.90 Å². The lowest BCUT2D eigenvalue weighted by Gasteiger charge is -2.35. The third-order valence-electron chi connectivity index (χ3n) is 4.71.